The van der Waals surface area contributed by atoms with Gasteiger partial charge < -0.3 is 5.73 Å². The maximum absolute atomic E-state index is 12.5. The molecule has 3 rings (SSSR count). The quantitative estimate of drug-likeness (QED) is 0.785. The fraction of sp³-hybridized carbons (Fsp3) is 0.133. The molecule has 3 nitrogen and oxygen atoms in total. The maximum Gasteiger partial charge on any atom is 0.259 e. The molecule has 0 unspecified atom stereocenters. The van der Waals surface area contributed by atoms with Gasteiger partial charge in [0.15, 0.2) is 0 Å². The molecule has 0 aliphatic heterocycles. The van der Waals surface area contributed by atoms with E-state index in [1.54, 1.807) is 15.9 Å². The third-order valence-electron chi connectivity index (χ3n) is 3.26. The molecule has 0 radical (unpaired) electrons. The molecule has 0 saturated heterocycles. The fourth-order valence-corrected chi connectivity index (χ4v) is 3.73. The highest BCUT2D eigenvalue weighted by molar-refractivity contribution is 9.11. The van der Waals surface area contributed by atoms with Gasteiger partial charge in [0.1, 0.15) is 5.82 Å². The van der Waals surface area contributed by atoms with Gasteiger partial charge in [-0.2, -0.15) is 0 Å². The van der Waals surface area contributed by atoms with Crippen molar-refractivity contribution in [1.29, 1.82) is 0 Å². The number of nitrogens with zero attached hydrogens (tertiary/aromatic N) is 1. The summed E-state index contributed by atoms with van der Waals surface area (Å²) in [5, 5.41) is 1.61. The lowest BCUT2D eigenvalue weighted by molar-refractivity contribution is 0.690. The summed E-state index contributed by atoms with van der Waals surface area (Å²) in [4.78, 5) is 13.7. The highest BCUT2D eigenvalue weighted by Crippen LogP contribution is 2.23. The Morgan fingerprint density at radius 3 is 2.75 bits per heavy atom. The van der Waals surface area contributed by atoms with Crippen molar-refractivity contribution in [3.8, 4) is 0 Å². The second-order valence-electron chi connectivity index (χ2n) is 4.57. The predicted molar refractivity (Wildman–Crippen MR) is 88.3 cm³/mol. The minimum Gasteiger partial charge on any atom is -0.385 e. The van der Waals surface area contributed by atoms with Crippen molar-refractivity contribution < 1.29 is 0 Å². The number of hydrogen-bond donors (Lipinski definition) is 1. The number of pyridine rings is 1. The standard InChI is InChI=1S/C15H13BrN2OS/c16-13-6-5-11(20-13)7-8-18-14(17)9-10-3-1-2-4-12(10)15(18)19/h1-6,9H,7-8,17H2. The Morgan fingerprint density at radius 2 is 2.00 bits per heavy atom. The number of aromatic nitrogens is 1. The van der Waals surface area contributed by atoms with Crippen molar-refractivity contribution in [2.45, 2.75) is 13.0 Å². The number of aryl methyl sites for hydroxylation is 1. The van der Waals surface area contributed by atoms with Crippen LogP contribution in [0.25, 0.3) is 10.8 Å². The summed E-state index contributed by atoms with van der Waals surface area (Å²) >= 11 is 5.13. The Balaban J connectivity index is 1.97. The highest BCUT2D eigenvalue weighted by atomic mass is 79.9. The Morgan fingerprint density at radius 1 is 1.20 bits per heavy atom. The molecule has 0 amide bonds. The molecular formula is C15H13BrN2OS. The molecule has 0 bridgehead atoms. The SMILES string of the molecule is Nc1cc2ccccc2c(=O)n1CCc1ccc(Br)s1. The van der Waals surface area contributed by atoms with Crippen LogP contribution in [-0.2, 0) is 13.0 Å². The van der Waals surface area contributed by atoms with Crippen molar-refractivity contribution in [3.05, 3.63) is 61.5 Å². The van der Waals surface area contributed by atoms with Gasteiger partial charge in [-0.3, -0.25) is 9.36 Å². The van der Waals surface area contributed by atoms with Crippen LogP contribution in [-0.4, -0.2) is 4.57 Å². The van der Waals surface area contributed by atoms with Crippen molar-refractivity contribution in [2.75, 3.05) is 5.73 Å². The second kappa shape index (κ2) is 5.42. The lowest BCUT2D eigenvalue weighted by Crippen LogP contribution is -2.23. The van der Waals surface area contributed by atoms with Crippen LogP contribution in [0, 0.1) is 0 Å². The van der Waals surface area contributed by atoms with Gasteiger partial charge in [-0.25, -0.2) is 0 Å². The van der Waals surface area contributed by atoms with Crippen LogP contribution in [0.2, 0.25) is 0 Å². The maximum atomic E-state index is 12.5. The van der Waals surface area contributed by atoms with E-state index in [-0.39, 0.29) is 5.56 Å². The van der Waals surface area contributed by atoms with Crippen LogP contribution in [0.1, 0.15) is 4.88 Å². The highest BCUT2D eigenvalue weighted by Gasteiger charge is 2.07. The number of anilines is 1. The van der Waals surface area contributed by atoms with Crippen LogP contribution in [0.4, 0.5) is 5.82 Å². The molecule has 0 aliphatic carbocycles. The first-order chi connectivity index (χ1) is 9.65. The summed E-state index contributed by atoms with van der Waals surface area (Å²) < 4.78 is 2.75. The van der Waals surface area contributed by atoms with Gasteiger partial charge in [0.05, 0.1) is 3.79 Å². The molecule has 2 aromatic heterocycles. The van der Waals surface area contributed by atoms with E-state index in [0.29, 0.717) is 17.7 Å². The zero-order valence-electron chi connectivity index (χ0n) is 10.7. The van der Waals surface area contributed by atoms with Crippen LogP contribution < -0.4 is 11.3 Å². The number of nitrogen functional groups attached to an aromatic ring is 1. The zero-order valence-corrected chi connectivity index (χ0v) is 13.1. The summed E-state index contributed by atoms with van der Waals surface area (Å²) in [5.41, 5.74) is 6.00. The Bertz CT molecular complexity index is 822. The smallest absolute Gasteiger partial charge is 0.259 e. The van der Waals surface area contributed by atoms with Gasteiger partial charge in [-0.1, -0.05) is 18.2 Å². The van der Waals surface area contributed by atoms with Crippen molar-refractivity contribution in [1.82, 2.24) is 4.57 Å². The van der Waals surface area contributed by atoms with E-state index in [9.17, 15) is 4.79 Å². The molecule has 2 N–H and O–H groups in total. The number of hydrogen-bond acceptors (Lipinski definition) is 3. The first kappa shape index (κ1) is 13.4. The van der Waals surface area contributed by atoms with E-state index in [4.69, 9.17) is 5.73 Å². The average Bonchev–Trinajstić information content (AvgIpc) is 2.84. The Labute approximate surface area is 128 Å². The molecule has 20 heavy (non-hydrogen) atoms. The minimum atomic E-state index is -0.0174. The Kier molecular flexibility index (Phi) is 3.63. The minimum absolute atomic E-state index is 0.0174. The van der Waals surface area contributed by atoms with Crippen LogP contribution in [0.3, 0.4) is 0 Å². The van der Waals surface area contributed by atoms with E-state index < -0.39 is 0 Å². The van der Waals surface area contributed by atoms with Gasteiger partial charge in [0.25, 0.3) is 5.56 Å². The van der Waals surface area contributed by atoms with Gasteiger partial charge in [0, 0.05) is 16.8 Å². The van der Waals surface area contributed by atoms with Crippen LogP contribution in [0.5, 0.6) is 0 Å². The van der Waals surface area contributed by atoms with Gasteiger partial charge >= 0.3 is 0 Å². The first-order valence-electron chi connectivity index (χ1n) is 6.27. The van der Waals surface area contributed by atoms with Gasteiger partial charge in [0.2, 0.25) is 0 Å². The summed E-state index contributed by atoms with van der Waals surface area (Å²) in [6.45, 7) is 0.600. The molecule has 3 aromatic rings. The van der Waals surface area contributed by atoms with E-state index in [1.807, 2.05) is 36.4 Å². The average molecular weight is 349 g/mol. The monoisotopic (exact) mass is 348 g/mol. The summed E-state index contributed by atoms with van der Waals surface area (Å²) in [6.07, 6.45) is 0.804. The number of halogens is 1. The largest absolute Gasteiger partial charge is 0.385 e. The van der Waals surface area contributed by atoms with Crippen LogP contribution in [0.15, 0.2) is 51.0 Å². The lowest BCUT2D eigenvalue weighted by Gasteiger charge is -2.10. The van der Waals surface area contributed by atoms with Crippen LogP contribution >= 0.6 is 27.3 Å². The van der Waals surface area contributed by atoms with Crippen molar-refractivity contribution in [3.63, 3.8) is 0 Å². The van der Waals surface area contributed by atoms with E-state index in [2.05, 4.69) is 22.0 Å². The number of rotatable bonds is 3. The number of fused-ring (bicyclic) bond motifs is 1. The molecule has 0 aliphatic rings. The molecular weight excluding hydrogens is 336 g/mol. The van der Waals surface area contributed by atoms with E-state index in [0.717, 1.165) is 15.6 Å². The number of nitrogens with two attached hydrogens (primary N) is 1. The molecule has 0 saturated carbocycles. The molecule has 0 spiro atoms. The first-order valence-corrected chi connectivity index (χ1v) is 7.88. The van der Waals surface area contributed by atoms with Crippen molar-refractivity contribution >= 4 is 43.9 Å². The lowest BCUT2D eigenvalue weighted by atomic mass is 10.1. The molecule has 1 aromatic carbocycles. The topological polar surface area (TPSA) is 48.0 Å². The molecule has 5 heteroatoms. The molecule has 0 fully saturated rings. The summed E-state index contributed by atoms with van der Waals surface area (Å²) in [7, 11) is 0. The number of thiophene rings is 1. The van der Waals surface area contributed by atoms with Gasteiger partial charge in [-0.05, 0) is 52.0 Å². The summed E-state index contributed by atoms with van der Waals surface area (Å²) in [5.74, 6) is 0.518. The Hall–Kier alpha value is -1.59. The normalized spacial score (nSPS) is 11.1. The number of benzene rings is 1. The van der Waals surface area contributed by atoms with Crippen molar-refractivity contribution in [2.24, 2.45) is 0 Å². The predicted octanol–water partition coefficient (Wildman–Crippen LogP) is 3.65. The molecule has 102 valence electrons. The fourth-order valence-electron chi connectivity index (χ4n) is 2.26. The molecule has 2 heterocycles. The molecule has 0 atom stereocenters. The third-order valence-corrected chi connectivity index (χ3v) is 4.95. The second-order valence-corrected chi connectivity index (χ2v) is 7.12. The summed E-state index contributed by atoms with van der Waals surface area (Å²) in [6, 6.07) is 13.5. The zero-order chi connectivity index (χ0) is 14.1. The van der Waals surface area contributed by atoms with E-state index in [1.165, 1.54) is 4.88 Å². The van der Waals surface area contributed by atoms with Gasteiger partial charge in [-0.15, -0.1) is 11.3 Å². The third kappa shape index (κ3) is 2.51. The van der Waals surface area contributed by atoms with E-state index >= 15 is 0 Å².